The molecule has 4 aliphatic heterocycles. The number of imide groups is 2. The summed E-state index contributed by atoms with van der Waals surface area (Å²) >= 11 is 1.42. The summed E-state index contributed by atoms with van der Waals surface area (Å²) in [5.74, 6) is 3.94. The predicted octanol–water partition coefficient (Wildman–Crippen LogP) is 15.7. The number of ketones is 2. The number of nitrogens with zero attached hydrogens (tertiary/aromatic N) is 4. The van der Waals surface area contributed by atoms with Gasteiger partial charge in [-0.05, 0) is 214 Å². The summed E-state index contributed by atoms with van der Waals surface area (Å²) in [6.07, 6.45) is 32.1. The van der Waals surface area contributed by atoms with Crippen molar-refractivity contribution in [2.24, 2.45) is 79.8 Å². The zero-order valence-corrected chi connectivity index (χ0v) is 62.6. The van der Waals surface area contributed by atoms with Crippen molar-refractivity contribution in [3.8, 4) is 0 Å². The lowest BCUT2D eigenvalue weighted by atomic mass is 9.47. The number of thioether (sulfide) groups is 1. The number of carbonyl (C=O) groups excluding carboxylic acids is 10. The SMILES string of the molecule is C.CC(C)(C)CC(=O)[C@H]1CC[C@H]2[C@@H]3CC[C@H]4N(Cc5ccc(NC(=O)CCCCCN6C(=O)C=CC6=O)cc5)C(=O)C=C[C@]4(C)[C@H]3CC[C@]12C.CSC1CC(=O)N(CCCCCC(=O)Nc2ccc(CN3C(=O)C=C[C@]4(C)[C@H]5CC[C@]6(C)[C@@H](C(=O)CC(C)(C)C)CC[C@H]6[C@@H]5CC[C@@H]34)cc2)C1=O. The quantitative estimate of drug-likeness (QED) is 0.0790. The molecule has 16 nitrogen and oxygen atoms in total. The van der Waals surface area contributed by atoms with E-state index in [1.807, 2.05) is 66.9 Å². The molecule has 2 aromatic rings. The first-order chi connectivity index (χ1) is 47.3. The van der Waals surface area contributed by atoms with Gasteiger partial charge in [-0.15, -0.1) is 0 Å². The smallest absolute Gasteiger partial charge is 0.253 e. The maximum Gasteiger partial charge on any atom is 0.253 e. The third kappa shape index (κ3) is 16.4. The Morgan fingerprint density at radius 1 is 0.485 bits per heavy atom. The van der Waals surface area contributed by atoms with E-state index in [-0.39, 0.29) is 123 Å². The van der Waals surface area contributed by atoms with Crippen LogP contribution in [0, 0.1) is 79.8 Å². The van der Waals surface area contributed by atoms with Crippen molar-refractivity contribution in [1.82, 2.24) is 19.6 Å². The number of anilines is 2. The zero-order valence-electron chi connectivity index (χ0n) is 61.8. The van der Waals surface area contributed by atoms with Gasteiger partial charge in [-0.2, -0.15) is 11.8 Å². The first-order valence-corrected chi connectivity index (χ1v) is 39.4. The van der Waals surface area contributed by atoms with Gasteiger partial charge in [0.15, 0.2) is 0 Å². The topological polar surface area (TPSA) is 208 Å². The van der Waals surface area contributed by atoms with Crippen LogP contribution in [0.15, 0.2) is 85.0 Å². The van der Waals surface area contributed by atoms with Crippen LogP contribution < -0.4 is 10.6 Å². The van der Waals surface area contributed by atoms with Gasteiger partial charge >= 0.3 is 0 Å². The summed E-state index contributed by atoms with van der Waals surface area (Å²) < 4.78 is 0. The highest BCUT2D eigenvalue weighted by Gasteiger charge is 2.64. The maximum absolute atomic E-state index is 13.5. The van der Waals surface area contributed by atoms with Crippen molar-refractivity contribution in [1.29, 1.82) is 0 Å². The van der Waals surface area contributed by atoms with E-state index in [0.29, 0.717) is 125 Å². The number of unbranched alkanes of at least 4 members (excludes halogenated alkanes) is 4. The Hall–Kier alpha value is -6.49. The van der Waals surface area contributed by atoms with Gasteiger partial charge in [0.1, 0.15) is 11.6 Å². The molecule has 2 aromatic carbocycles. The fourth-order valence-corrected chi connectivity index (χ4v) is 22.0. The molecule has 4 heterocycles. The van der Waals surface area contributed by atoms with Gasteiger partial charge in [0.05, 0.1) is 5.25 Å². The highest BCUT2D eigenvalue weighted by molar-refractivity contribution is 8.00. The Kier molecular flexibility index (Phi) is 23.7. The van der Waals surface area contributed by atoms with Gasteiger partial charge in [0, 0.05) is 117 Å². The van der Waals surface area contributed by atoms with Gasteiger partial charge in [-0.1, -0.05) is 126 Å². The molecule has 1 unspecified atom stereocenters. The Labute approximate surface area is 607 Å². The van der Waals surface area contributed by atoms with E-state index in [4.69, 9.17) is 0 Å². The lowest BCUT2D eigenvalue weighted by Gasteiger charge is -2.60. The Morgan fingerprint density at radius 3 is 1.28 bits per heavy atom. The fraction of sp³-hybridized carbons (Fsp3) is 0.667. The zero-order chi connectivity index (χ0) is 71.9. The van der Waals surface area contributed by atoms with Gasteiger partial charge in [0.2, 0.25) is 35.4 Å². The molecule has 550 valence electrons. The summed E-state index contributed by atoms with van der Waals surface area (Å²) in [6.45, 7) is 24.5. The third-order valence-electron chi connectivity index (χ3n) is 26.3. The van der Waals surface area contributed by atoms with Crippen LogP contribution in [0.3, 0.4) is 0 Å². The van der Waals surface area contributed by atoms with Crippen molar-refractivity contribution in [3.63, 3.8) is 0 Å². The second kappa shape index (κ2) is 31.1. The second-order valence-corrected chi connectivity index (χ2v) is 36.2. The van der Waals surface area contributed by atoms with E-state index in [1.54, 1.807) is 0 Å². The van der Waals surface area contributed by atoms with Crippen LogP contribution in [0.5, 0.6) is 0 Å². The summed E-state index contributed by atoms with van der Waals surface area (Å²) in [5.41, 5.74) is 3.59. The van der Waals surface area contributed by atoms with Crippen LogP contribution >= 0.6 is 11.8 Å². The average Bonchev–Trinajstić information content (AvgIpc) is 1.71. The average molecular weight is 1400 g/mol. The molecule has 15 atom stereocenters. The van der Waals surface area contributed by atoms with Gasteiger partial charge in [-0.25, -0.2) is 0 Å². The number of Topliss-reactive ketones (excluding diaryl/α,β-unsaturated/α-hetero) is 2. The molecule has 2 N–H and O–H groups in total. The highest BCUT2D eigenvalue weighted by Crippen LogP contribution is 2.68. The molecule has 6 aliphatic carbocycles. The Balaban J connectivity index is 0.000000216. The lowest BCUT2D eigenvalue weighted by Crippen LogP contribution is -2.60. The monoisotopic (exact) mass is 1400 g/mol. The van der Waals surface area contributed by atoms with Crippen LogP contribution in [0.25, 0.3) is 0 Å². The molecular weight excluding hydrogens is 1290 g/mol. The van der Waals surface area contributed by atoms with Gasteiger partial charge < -0.3 is 20.4 Å². The molecule has 1 saturated heterocycles. The number of nitrogens with one attached hydrogen (secondary N) is 2. The maximum atomic E-state index is 13.5. The summed E-state index contributed by atoms with van der Waals surface area (Å²) in [5, 5.41) is 5.71. The minimum Gasteiger partial charge on any atom is -0.331 e. The van der Waals surface area contributed by atoms with Gasteiger partial charge in [0.25, 0.3) is 11.8 Å². The number of amides is 8. The summed E-state index contributed by atoms with van der Waals surface area (Å²) in [4.78, 5) is 134. The van der Waals surface area contributed by atoms with E-state index in [0.717, 1.165) is 112 Å². The van der Waals surface area contributed by atoms with E-state index in [1.165, 1.54) is 33.7 Å². The van der Waals surface area contributed by atoms with E-state index >= 15 is 0 Å². The standard InChI is InChI=1S/C42H59N3O5S.C41H55N3O5.CH4/c1-40(2,3)25-33(46)32-17-16-30-29-15-18-35-42(5,31(29)19-21-41(30,32)4)22-20-37(48)45(35)26-27-11-13-28(14-12-27)43-36(47)10-8-7-9-23-44-38(49)24-34(51-6)39(44)50;1-39(2,3)25-33(45)32-16-15-30-29-14-17-34-41(5,31(29)20-22-40(30,32)4)23-21-38(49)44(34)26-27-10-12-28(13-11-27)42-35(46)9-7-6-8-24-43-36(47)18-19-37(43)48;/h11-14,20,22,29-32,34-35H,7-10,15-19,21,23-26H2,1-6H3,(H,43,47);10-13,18-19,21,23,29-32,34H,6-9,14-17,20,22,24-26H2,1-5H3,(H,42,46);1H4/t29-,30-,31-,32+,34?,35+,41-,42+;29-,30-,31-,32+,34+,40-,41+;/m00./s1. The van der Waals surface area contributed by atoms with Gasteiger partial charge in [-0.3, -0.25) is 57.7 Å². The molecule has 17 heteroatoms. The molecule has 0 spiro atoms. The molecule has 101 heavy (non-hydrogen) atoms. The summed E-state index contributed by atoms with van der Waals surface area (Å²) in [6, 6.07) is 16.0. The number of hydrogen-bond donors (Lipinski definition) is 2. The fourth-order valence-electron chi connectivity index (χ4n) is 21.3. The first-order valence-electron chi connectivity index (χ1n) is 38.1. The number of likely N-dealkylation sites (tertiary alicyclic amines) is 1. The second-order valence-electron chi connectivity index (χ2n) is 35.1. The molecular formula is C84H118N6O10S. The van der Waals surface area contributed by atoms with Crippen molar-refractivity contribution < 1.29 is 47.9 Å². The number of hydrogen-bond acceptors (Lipinski definition) is 11. The first kappa shape index (κ1) is 77.1. The number of rotatable bonds is 23. The highest BCUT2D eigenvalue weighted by atomic mass is 32.2. The molecule has 0 aromatic heterocycles. The third-order valence-corrected chi connectivity index (χ3v) is 27.2. The molecule has 12 rings (SSSR count). The number of fused-ring (bicyclic) bond motifs is 10. The minimum atomic E-state index is -0.269. The normalized spacial score (nSPS) is 32.4. The Bertz CT molecular complexity index is 3530. The van der Waals surface area contributed by atoms with Crippen molar-refractivity contribution in [2.45, 2.75) is 255 Å². The molecule has 6 saturated carbocycles. The van der Waals surface area contributed by atoms with E-state index in [2.05, 4.69) is 102 Å². The number of benzene rings is 2. The van der Waals surface area contributed by atoms with Crippen molar-refractivity contribution in [3.05, 3.63) is 96.1 Å². The minimum absolute atomic E-state index is 0. The molecule has 0 radical (unpaired) electrons. The molecule has 0 bridgehead atoms. The lowest BCUT2D eigenvalue weighted by molar-refractivity contribution is -0.145. The van der Waals surface area contributed by atoms with Crippen molar-refractivity contribution >= 4 is 82.0 Å². The van der Waals surface area contributed by atoms with Crippen LogP contribution in [-0.2, 0) is 61.0 Å². The Morgan fingerprint density at radius 2 is 0.891 bits per heavy atom. The van der Waals surface area contributed by atoms with Crippen LogP contribution in [-0.4, -0.2) is 115 Å². The molecule has 8 amide bonds. The largest absolute Gasteiger partial charge is 0.331 e. The molecule has 7 fully saturated rings. The van der Waals surface area contributed by atoms with Crippen LogP contribution in [0.2, 0.25) is 0 Å². The van der Waals surface area contributed by atoms with Crippen LogP contribution in [0.1, 0.15) is 235 Å². The van der Waals surface area contributed by atoms with Crippen molar-refractivity contribution in [2.75, 3.05) is 30.0 Å². The van der Waals surface area contributed by atoms with Crippen LogP contribution in [0.4, 0.5) is 11.4 Å². The number of carbonyl (C=O) groups is 10. The van der Waals surface area contributed by atoms with E-state index in [9.17, 15) is 47.9 Å². The summed E-state index contributed by atoms with van der Waals surface area (Å²) in [7, 11) is 0. The van der Waals surface area contributed by atoms with E-state index < -0.39 is 0 Å². The molecule has 10 aliphatic rings. The predicted molar refractivity (Wildman–Crippen MR) is 399 cm³/mol.